The van der Waals surface area contributed by atoms with Crippen molar-refractivity contribution in [2.75, 3.05) is 11.5 Å². The number of amides is 5. The first-order valence-electron chi connectivity index (χ1n) is 13.0. The summed E-state index contributed by atoms with van der Waals surface area (Å²) in [6.07, 6.45) is 3.11. The number of imide groups is 1. The van der Waals surface area contributed by atoms with E-state index in [4.69, 9.17) is 10.2 Å². The number of urea groups is 1. The molecule has 5 amide bonds. The van der Waals surface area contributed by atoms with E-state index in [9.17, 15) is 29.1 Å². The van der Waals surface area contributed by atoms with Crippen molar-refractivity contribution >= 4 is 64.6 Å². The maximum atomic E-state index is 13.8. The van der Waals surface area contributed by atoms with E-state index in [-0.39, 0.29) is 16.8 Å². The third-order valence-corrected chi connectivity index (χ3v) is 10.4. The Labute approximate surface area is 257 Å². The van der Waals surface area contributed by atoms with Crippen molar-refractivity contribution < 1.29 is 33.5 Å². The number of aromatic nitrogens is 2. The number of carbonyl (C=O) groups excluding carboxylic acids is 4. The molecule has 0 aliphatic carbocycles. The molecule has 3 aromatic rings. The largest absolute Gasteiger partial charge is 0.477 e. The number of primary amides is 1. The van der Waals surface area contributed by atoms with Crippen LogP contribution in [0.3, 0.4) is 0 Å². The number of carboxylic acid groups (broad SMARTS) is 1. The summed E-state index contributed by atoms with van der Waals surface area (Å²) in [5.74, 6) is -2.96. The number of carbonyl (C=O) groups is 5. The number of hydrogen-bond acceptors (Lipinski definition) is 11. The number of hydrogen-bond donors (Lipinski definition) is 3. The summed E-state index contributed by atoms with van der Waals surface area (Å²) in [5, 5.41) is 21.0. The van der Waals surface area contributed by atoms with Gasteiger partial charge in [0.15, 0.2) is 4.34 Å². The van der Waals surface area contributed by atoms with E-state index >= 15 is 0 Å². The van der Waals surface area contributed by atoms with Gasteiger partial charge in [-0.05, 0) is 30.5 Å². The standard InChI is InChI=1S/C27H26N6O7S3/c1-3-17-30-31-27(43-17)42-12-16-11-41-24-18(23(36)32(24)20(16)25(37)38)29-21(34)19(14-6-4-13(2)5-7-14)33(26(28)39)22(35)15-8-9-40-10-15/h4-10,18-19,24H,3,11-12H2,1-2H3,(H2,28,39)(H,29,34)(H,37,38)/t18-,19?,24-/m0/s1. The summed E-state index contributed by atoms with van der Waals surface area (Å²) >= 11 is 4.09. The number of nitrogens with one attached hydrogen (secondary N) is 1. The second kappa shape index (κ2) is 12.6. The monoisotopic (exact) mass is 642 g/mol. The molecular weight excluding hydrogens is 617 g/mol. The van der Waals surface area contributed by atoms with Crippen molar-refractivity contribution in [3.63, 3.8) is 0 Å². The van der Waals surface area contributed by atoms with Crippen LogP contribution in [0.4, 0.5) is 4.79 Å². The number of benzene rings is 1. The molecule has 1 aromatic carbocycles. The van der Waals surface area contributed by atoms with Crippen molar-refractivity contribution in [1.29, 1.82) is 0 Å². The Morgan fingerprint density at radius 1 is 1.23 bits per heavy atom. The van der Waals surface area contributed by atoms with E-state index in [1.54, 1.807) is 24.3 Å². The lowest BCUT2D eigenvalue weighted by molar-refractivity contribution is -0.151. The molecule has 16 heteroatoms. The topological polar surface area (TPSA) is 189 Å². The van der Waals surface area contributed by atoms with Crippen LogP contribution in [0.5, 0.6) is 0 Å². The van der Waals surface area contributed by atoms with Crippen LogP contribution in [0.25, 0.3) is 0 Å². The first kappa shape index (κ1) is 30.3. The highest BCUT2D eigenvalue weighted by molar-refractivity contribution is 8.01. The molecule has 1 fully saturated rings. The molecule has 0 bridgehead atoms. The Hall–Kier alpha value is -4.15. The van der Waals surface area contributed by atoms with E-state index in [2.05, 4.69) is 15.5 Å². The van der Waals surface area contributed by atoms with Gasteiger partial charge in [-0.2, -0.15) is 0 Å². The lowest BCUT2D eigenvalue weighted by atomic mass is 9.99. The van der Waals surface area contributed by atoms with E-state index in [1.807, 2.05) is 13.8 Å². The molecule has 0 spiro atoms. The molecule has 4 N–H and O–H groups in total. The average Bonchev–Trinajstić information content (AvgIpc) is 3.69. The van der Waals surface area contributed by atoms with Crippen molar-refractivity contribution in [1.82, 2.24) is 25.3 Å². The molecule has 4 heterocycles. The lowest BCUT2D eigenvalue weighted by Crippen LogP contribution is -2.71. The van der Waals surface area contributed by atoms with Gasteiger partial charge in [-0.3, -0.25) is 19.3 Å². The van der Waals surface area contributed by atoms with Crippen molar-refractivity contribution in [2.24, 2.45) is 5.73 Å². The highest BCUT2D eigenvalue weighted by Crippen LogP contribution is 2.42. The average molecular weight is 643 g/mol. The third-order valence-electron chi connectivity index (χ3n) is 6.79. The predicted octanol–water partition coefficient (Wildman–Crippen LogP) is 2.80. The molecule has 0 radical (unpaired) electrons. The number of fused-ring (bicyclic) bond motifs is 1. The number of aryl methyl sites for hydroxylation is 2. The van der Waals surface area contributed by atoms with Gasteiger partial charge in [-0.15, -0.1) is 22.0 Å². The summed E-state index contributed by atoms with van der Waals surface area (Å²) < 4.78 is 5.67. The summed E-state index contributed by atoms with van der Waals surface area (Å²) in [5.41, 5.74) is 7.18. The van der Waals surface area contributed by atoms with Gasteiger partial charge in [0.05, 0.1) is 11.8 Å². The second-order valence-electron chi connectivity index (χ2n) is 9.60. The minimum atomic E-state index is -1.52. The minimum Gasteiger partial charge on any atom is -0.477 e. The summed E-state index contributed by atoms with van der Waals surface area (Å²) in [4.78, 5) is 67.0. The number of aliphatic carboxylic acids is 1. The summed E-state index contributed by atoms with van der Waals surface area (Å²) in [6.45, 7) is 3.80. The zero-order valence-corrected chi connectivity index (χ0v) is 25.3. The number of nitrogens with two attached hydrogens (primary N) is 1. The van der Waals surface area contributed by atoms with Gasteiger partial charge >= 0.3 is 12.0 Å². The van der Waals surface area contributed by atoms with Gasteiger partial charge in [0.25, 0.3) is 11.8 Å². The van der Waals surface area contributed by atoms with Crippen LogP contribution in [-0.2, 0) is 20.8 Å². The Balaban J connectivity index is 1.38. The quantitative estimate of drug-likeness (QED) is 0.218. The Bertz CT molecular complexity index is 1600. The van der Waals surface area contributed by atoms with E-state index in [0.717, 1.165) is 28.2 Å². The molecule has 13 nitrogen and oxygen atoms in total. The van der Waals surface area contributed by atoms with Gasteiger partial charge in [-0.1, -0.05) is 59.9 Å². The number of rotatable bonds is 10. The highest BCUT2D eigenvalue weighted by atomic mass is 32.2. The molecule has 224 valence electrons. The molecule has 43 heavy (non-hydrogen) atoms. The zero-order valence-electron chi connectivity index (χ0n) is 22.9. The third kappa shape index (κ3) is 6.03. The maximum Gasteiger partial charge on any atom is 0.352 e. The number of nitrogens with zero attached hydrogens (tertiary/aromatic N) is 4. The maximum absolute atomic E-state index is 13.8. The van der Waals surface area contributed by atoms with Crippen LogP contribution in [0.2, 0.25) is 0 Å². The second-order valence-corrected chi connectivity index (χ2v) is 13.0. The van der Waals surface area contributed by atoms with Crippen LogP contribution < -0.4 is 11.1 Å². The van der Waals surface area contributed by atoms with Crippen LogP contribution in [0.15, 0.2) is 62.9 Å². The number of carboxylic acids is 1. The van der Waals surface area contributed by atoms with Gasteiger partial charge in [-0.25, -0.2) is 14.5 Å². The van der Waals surface area contributed by atoms with Crippen molar-refractivity contribution in [3.8, 4) is 0 Å². The number of furan rings is 1. The molecule has 2 aliphatic rings. The molecule has 1 saturated heterocycles. The smallest absolute Gasteiger partial charge is 0.352 e. The molecule has 3 atom stereocenters. The fourth-order valence-corrected chi connectivity index (χ4v) is 7.97. The fourth-order valence-electron chi connectivity index (χ4n) is 4.65. The zero-order chi connectivity index (χ0) is 30.8. The Kier molecular flexibility index (Phi) is 8.89. The molecule has 2 aliphatic heterocycles. The Morgan fingerprint density at radius 3 is 2.58 bits per heavy atom. The lowest BCUT2D eigenvalue weighted by Gasteiger charge is -2.49. The number of β-lactam (4-membered cyclic amide) rings is 1. The molecule has 5 rings (SSSR count). The van der Waals surface area contributed by atoms with Gasteiger partial charge in [0.2, 0.25) is 5.91 Å². The van der Waals surface area contributed by atoms with Gasteiger partial charge < -0.3 is 20.6 Å². The first-order chi connectivity index (χ1) is 20.6. The van der Waals surface area contributed by atoms with Crippen molar-refractivity contribution in [2.45, 2.75) is 42.1 Å². The minimum absolute atomic E-state index is 0.00136. The van der Waals surface area contributed by atoms with Crippen LogP contribution >= 0.6 is 34.9 Å². The SMILES string of the molecule is CCc1nnc(SCC2=C(C(=O)O)N3C(=O)[C@H](NC(=O)C(c4ccc(C)cc4)N(C(N)=O)C(=O)c4ccoc4)[C@@H]3SC2)s1. The molecule has 1 unspecified atom stereocenters. The molecular formula is C27H26N6O7S3. The Morgan fingerprint density at radius 2 is 1.98 bits per heavy atom. The molecule has 2 aromatic heterocycles. The van der Waals surface area contributed by atoms with Gasteiger partial charge in [0.1, 0.15) is 34.4 Å². The summed E-state index contributed by atoms with van der Waals surface area (Å²) in [7, 11) is 0. The highest BCUT2D eigenvalue weighted by Gasteiger charge is 2.55. The van der Waals surface area contributed by atoms with Crippen LogP contribution in [0.1, 0.15) is 39.5 Å². The summed E-state index contributed by atoms with van der Waals surface area (Å²) in [6, 6.07) is 4.12. The van der Waals surface area contributed by atoms with Gasteiger partial charge in [0, 0.05) is 11.5 Å². The normalized spacial score (nSPS) is 18.5. The molecule has 0 saturated carbocycles. The number of thioether (sulfide) groups is 2. The van der Waals surface area contributed by atoms with Crippen LogP contribution in [-0.4, -0.2) is 77.7 Å². The van der Waals surface area contributed by atoms with Crippen LogP contribution in [0, 0.1) is 6.92 Å². The predicted molar refractivity (Wildman–Crippen MR) is 158 cm³/mol. The van der Waals surface area contributed by atoms with E-state index in [1.165, 1.54) is 47.2 Å². The van der Waals surface area contributed by atoms with Crippen molar-refractivity contribution in [3.05, 3.63) is 75.8 Å². The van der Waals surface area contributed by atoms with E-state index in [0.29, 0.717) is 26.3 Å². The fraction of sp³-hybridized carbons (Fsp3) is 0.296. The first-order valence-corrected chi connectivity index (χ1v) is 15.8. The van der Waals surface area contributed by atoms with E-state index < -0.39 is 47.2 Å².